The molecule has 2 bridgehead atoms. The van der Waals surface area contributed by atoms with Crippen LogP contribution < -0.4 is 0 Å². The first-order valence-electron chi connectivity index (χ1n) is 7.49. The molecule has 0 radical (unpaired) electrons. The molecule has 19 heavy (non-hydrogen) atoms. The molecule has 2 nitrogen and oxygen atoms in total. The molecule has 2 heteroatoms. The van der Waals surface area contributed by atoms with Crippen LogP contribution in [0.4, 0.5) is 0 Å². The highest BCUT2D eigenvalue weighted by atomic mass is 16.2. The quantitative estimate of drug-likeness (QED) is 0.792. The number of carbonyl (C=O) groups is 1. The van der Waals surface area contributed by atoms with Crippen LogP contribution >= 0.6 is 0 Å². The largest absolute Gasteiger partial charge is 0.336 e. The summed E-state index contributed by atoms with van der Waals surface area (Å²) in [7, 11) is 2.03. The molecule has 4 rings (SSSR count). The fourth-order valence-corrected chi connectivity index (χ4v) is 4.89. The van der Waals surface area contributed by atoms with Crippen molar-refractivity contribution in [2.45, 2.75) is 44.1 Å². The van der Waals surface area contributed by atoms with E-state index in [1.54, 1.807) is 0 Å². The zero-order valence-corrected chi connectivity index (χ0v) is 11.6. The lowest BCUT2D eigenvalue weighted by Crippen LogP contribution is -2.50. The van der Waals surface area contributed by atoms with Gasteiger partial charge in [-0.1, -0.05) is 24.6 Å². The second kappa shape index (κ2) is 3.62. The Bertz CT molecular complexity index is 525. The average Bonchev–Trinajstić information content (AvgIpc) is 3.02. The predicted octanol–water partition coefficient (Wildman–Crippen LogP) is 3.48. The summed E-state index contributed by atoms with van der Waals surface area (Å²) in [5.74, 6) is 1.12. The molecule has 3 fully saturated rings. The number of fused-ring (bicyclic) bond motifs is 1. The fourth-order valence-electron chi connectivity index (χ4n) is 4.89. The number of hydrogen-bond donors (Lipinski definition) is 0. The standard InChI is InChI=1S/C17H21NO/c1-18(15(19)13-6-3-2-4-7-13)17-9-5-8-16(12-17)10-14(16)11-17/h2-4,6-7,14H,5,8-12H2,1H3. The lowest BCUT2D eigenvalue weighted by atomic mass is 9.76. The van der Waals surface area contributed by atoms with Crippen LogP contribution in [0.25, 0.3) is 0 Å². The molecule has 0 N–H and O–H groups in total. The van der Waals surface area contributed by atoms with E-state index >= 15 is 0 Å². The van der Waals surface area contributed by atoms with Crippen molar-refractivity contribution in [3.63, 3.8) is 0 Å². The summed E-state index contributed by atoms with van der Waals surface area (Å²) in [6, 6.07) is 9.74. The van der Waals surface area contributed by atoms with Gasteiger partial charge in [-0.15, -0.1) is 0 Å². The van der Waals surface area contributed by atoms with Crippen molar-refractivity contribution in [3.05, 3.63) is 35.9 Å². The van der Waals surface area contributed by atoms with Gasteiger partial charge in [0.1, 0.15) is 0 Å². The summed E-state index contributed by atoms with van der Waals surface area (Å²) in [5, 5.41) is 0. The molecule has 3 aliphatic rings. The highest BCUT2D eigenvalue weighted by Crippen LogP contribution is 2.73. The van der Waals surface area contributed by atoms with Gasteiger partial charge in [0, 0.05) is 18.2 Å². The first-order valence-corrected chi connectivity index (χ1v) is 7.49. The summed E-state index contributed by atoms with van der Waals surface area (Å²) < 4.78 is 0. The molecule has 1 amide bonds. The van der Waals surface area contributed by atoms with E-state index in [4.69, 9.17) is 0 Å². The summed E-state index contributed by atoms with van der Waals surface area (Å²) in [5.41, 5.74) is 1.65. The van der Waals surface area contributed by atoms with Crippen LogP contribution in [-0.4, -0.2) is 23.4 Å². The van der Waals surface area contributed by atoms with Gasteiger partial charge in [-0.3, -0.25) is 4.79 Å². The zero-order chi connectivity index (χ0) is 13.1. The topological polar surface area (TPSA) is 20.3 Å². The zero-order valence-electron chi connectivity index (χ0n) is 11.6. The molecular formula is C17H21NO. The molecule has 100 valence electrons. The van der Waals surface area contributed by atoms with Crippen LogP contribution in [0.1, 0.15) is 48.9 Å². The van der Waals surface area contributed by atoms with Crippen molar-refractivity contribution < 1.29 is 4.79 Å². The Morgan fingerprint density at radius 2 is 2.00 bits per heavy atom. The summed E-state index contributed by atoms with van der Waals surface area (Å²) in [6.07, 6.45) is 7.87. The van der Waals surface area contributed by atoms with Gasteiger partial charge in [0.25, 0.3) is 5.91 Å². The lowest BCUT2D eigenvalue weighted by molar-refractivity contribution is 0.0422. The van der Waals surface area contributed by atoms with Crippen LogP contribution in [0.2, 0.25) is 0 Å². The van der Waals surface area contributed by atoms with Crippen LogP contribution in [0.5, 0.6) is 0 Å². The highest BCUT2D eigenvalue weighted by Gasteiger charge is 2.67. The minimum atomic E-state index is 0.175. The van der Waals surface area contributed by atoms with Gasteiger partial charge in [0.05, 0.1) is 0 Å². The normalized spacial score (nSPS) is 38.7. The van der Waals surface area contributed by atoms with Gasteiger partial charge in [-0.05, 0) is 55.6 Å². The van der Waals surface area contributed by atoms with E-state index in [1.807, 2.05) is 37.4 Å². The summed E-state index contributed by atoms with van der Waals surface area (Å²) in [6.45, 7) is 0. The van der Waals surface area contributed by atoms with E-state index in [2.05, 4.69) is 4.90 Å². The molecule has 0 aliphatic heterocycles. The van der Waals surface area contributed by atoms with Crippen molar-refractivity contribution in [1.29, 1.82) is 0 Å². The average molecular weight is 255 g/mol. The van der Waals surface area contributed by atoms with Crippen molar-refractivity contribution in [1.82, 2.24) is 4.90 Å². The number of nitrogens with zero attached hydrogens (tertiary/aromatic N) is 1. The van der Waals surface area contributed by atoms with E-state index in [-0.39, 0.29) is 11.4 Å². The second-order valence-electron chi connectivity index (χ2n) is 6.95. The Morgan fingerprint density at radius 3 is 2.79 bits per heavy atom. The number of rotatable bonds is 2. The number of benzene rings is 1. The lowest BCUT2D eigenvalue weighted by Gasteiger charge is -2.44. The molecule has 1 spiro atoms. The molecule has 3 aliphatic carbocycles. The van der Waals surface area contributed by atoms with Gasteiger partial charge < -0.3 is 4.90 Å². The first kappa shape index (κ1) is 11.5. The Kier molecular flexibility index (Phi) is 2.19. The molecule has 0 heterocycles. The van der Waals surface area contributed by atoms with Crippen molar-refractivity contribution in [3.8, 4) is 0 Å². The molecule has 3 atom stereocenters. The Labute approximate surface area is 114 Å². The molecular weight excluding hydrogens is 234 g/mol. The van der Waals surface area contributed by atoms with Crippen LogP contribution in [0.15, 0.2) is 30.3 Å². The van der Waals surface area contributed by atoms with E-state index in [0.29, 0.717) is 5.41 Å². The fraction of sp³-hybridized carbons (Fsp3) is 0.588. The molecule has 0 saturated heterocycles. The monoisotopic (exact) mass is 255 g/mol. The Morgan fingerprint density at radius 1 is 1.21 bits per heavy atom. The van der Waals surface area contributed by atoms with Gasteiger partial charge in [0.2, 0.25) is 0 Å². The summed E-state index contributed by atoms with van der Waals surface area (Å²) >= 11 is 0. The molecule has 3 unspecified atom stereocenters. The maximum atomic E-state index is 12.7. The van der Waals surface area contributed by atoms with Crippen molar-refractivity contribution >= 4 is 5.91 Å². The van der Waals surface area contributed by atoms with Crippen molar-refractivity contribution in [2.24, 2.45) is 11.3 Å². The number of carbonyl (C=O) groups excluding carboxylic acids is 1. The van der Waals surface area contributed by atoms with Crippen molar-refractivity contribution in [2.75, 3.05) is 7.05 Å². The third-order valence-corrected chi connectivity index (χ3v) is 6.02. The minimum absolute atomic E-state index is 0.175. The molecule has 1 aromatic rings. The van der Waals surface area contributed by atoms with Gasteiger partial charge in [-0.25, -0.2) is 0 Å². The SMILES string of the molecule is CN(C(=O)c1ccccc1)C12CCCC3(CC3C1)C2. The predicted molar refractivity (Wildman–Crippen MR) is 74.9 cm³/mol. The number of hydrogen-bond acceptors (Lipinski definition) is 1. The smallest absolute Gasteiger partial charge is 0.254 e. The van der Waals surface area contributed by atoms with Gasteiger partial charge in [0.15, 0.2) is 0 Å². The van der Waals surface area contributed by atoms with Crippen LogP contribution in [0.3, 0.4) is 0 Å². The second-order valence-corrected chi connectivity index (χ2v) is 6.95. The minimum Gasteiger partial charge on any atom is -0.336 e. The van der Waals surface area contributed by atoms with Crippen LogP contribution in [0, 0.1) is 11.3 Å². The third kappa shape index (κ3) is 1.52. The first-order chi connectivity index (χ1) is 9.15. The molecule has 1 aromatic carbocycles. The Balaban J connectivity index is 1.61. The summed E-state index contributed by atoms with van der Waals surface area (Å²) in [4.78, 5) is 14.8. The van der Waals surface area contributed by atoms with E-state index in [1.165, 1.54) is 38.5 Å². The molecule has 0 aromatic heterocycles. The van der Waals surface area contributed by atoms with E-state index in [9.17, 15) is 4.79 Å². The van der Waals surface area contributed by atoms with Gasteiger partial charge >= 0.3 is 0 Å². The molecule has 3 saturated carbocycles. The van der Waals surface area contributed by atoms with E-state index in [0.717, 1.165) is 11.5 Å². The third-order valence-electron chi connectivity index (χ3n) is 6.02. The Hall–Kier alpha value is -1.31. The number of amides is 1. The van der Waals surface area contributed by atoms with E-state index < -0.39 is 0 Å². The maximum Gasteiger partial charge on any atom is 0.254 e. The maximum absolute atomic E-state index is 12.7. The van der Waals surface area contributed by atoms with Crippen LogP contribution in [-0.2, 0) is 0 Å². The van der Waals surface area contributed by atoms with Gasteiger partial charge in [-0.2, -0.15) is 0 Å². The highest BCUT2D eigenvalue weighted by molar-refractivity contribution is 5.94.